The number of ether oxygens (including phenoxy) is 2. The lowest BCUT2D eigenvalue weighted by Gasteiger charge is -2.10. The minimum Gasteiger partial charge on any atom is -0.493 e. The van der Waals surface area contributed by atoms with Crippen LogP contribution in [0.5, 0.6) is 11.5 Å². The van der Waals surface area contributed by atoms with E-state index < -0.39 is 18.4 Å². The first kappa shape index (κ1) is 17.8. The number of aliphatic carboxylic acids is 1. The number of carbonyl (C=O) groups excluding carboxylic acids is 1. The second-order valence-corrected chi connectivity index (χ2v) is 6.19. The number of amides is 1. The van der Waals surface area contributed by atoms with E-state index in [-0.39, 0.29) is 10.9 Å². The molecule has 1 saturated heterocycles. The SMILES string of the molecule is COc1cc(/C=C2\SC(=S)N(CC(=O)O)C2=O)ccc1OCC#N. The van der Waals surface area contributed by atoms with Gasteiger partial charge in [-0.25, -0.2) is 0 Å². The van der Waals surface area contributed by atoms with Crippen LogP contribution >= 0.6 is 24.0 Å². The molecular formula is C15H12N2O5S2. The van der Waals surface area contributed by atoms with E-state index >= 15 is 0 Å². The van der Waals surface area contributed by atoms with Crippen molar-refractivity contribution in [3.8, 4) is 17.6 Å². The quantitative estimate of drug-likeness (QED) is 0.603. The van der Waals surface area contributed by atoms with Crippen molar-refractivity contribution in [2.45, 2.75) is 0 Å². The number of carbonyl (C=O) groups is 2. The highest BCUT2D eigenvalue weighted by Crippen LogP contribution is 2.34. The van der Waals surface area contributed by atoms with Gasteiger partial charge in [-0.2, -0.15) is 5.26 Å². The summed E-state index contributed by atoms with van der Waals surface area (Å²) in [7, 11) is 1.46. The van der Waals surface area contributed by atoms with Crippen molar-refractivity contribution in [2.24, 2.45) is 0 Å². The predicted octanol–water partition coefficient (Wildman–Crippen LogP) is 1.88. The molecule has 0 aromatic heterocycles. The van der Waals surface area contributed by atoms with E-state index in [1.807, 2.05) is 6.07 Å². The van der Waals surface area contributed by atoms with Crippen molar-refractivity contribution < 1.29 is 24.2 Å². The highest BCUT2D eigenvalue weighted by atomic mass is 32.2. The lowest BCUT2D eigenvalue weighted by molar-refractivity contribution is -0.140. The monoisotopic (exact) mass is 364 g/mol. The van der Waals surface area contributed by atoms with Gasteiger partial charge in [0.05, 0.1) is 12.0 Å². The van der Waals surface area contributed by atoms with Crippen LogP contribution in [0.4, 0.5) is 0 Å². The lowest BCUT2D eigenvalue weighted by Crippen LogP contribution is -2.33. The van der Waals surface area contributed by atoms with Gasteiger partial charge in [0.15, 0.2) is 18.1 Å². The van der Waals surface area contributed by atoms with Crippen molar-refractivity contribution in [1.29, 1.82) is 5.26 Å². The van der Waals surface area contributed by atoms with Gasteiger partial charge in [0, 0.05) is 0 Å². The first-order chi connectivity index (χ1) is 11.5. The fourth-order valence-electron chi connectivity index (χ4n) is 1.93. The average molecular weight is 364 g/mol. The summed E-state index contributed by atoms with van der Waals surface area (Å²) in [5.74, 6) is -0.751. The number of nitriles is 1. The van der Waals surface area contributed by atoms with E-state index in [0.29, 0.717) is 22.0 Å². The molecule has 1 aliphatic heterocycles. The molecule has 2 rings (SSSR count). The van der Waals surface area contributed by atoms with Gasteiger partial charge < -0.3 is 14.6 Å². The van der Waals surface area contributed by atoms with Crippen LogP contribution in [0, 0.1) is 11.3 Å². The number of methoxy groups -OCH3 is 1. The van der Waals surface area contributed by atoms with Crippen LogP contribution in [0.2, 0.25) is 0 Å². The molecule has 1 aromatic rings. The van der Waals surface area contributed by atoms with Gasteiger partial charge in [-0.1, -0.05) is 30.0 Å². The maximum absolute atomic E-state index is 12.2. The molecule has 1 aromatic carbocycles. The third kappa shape index (κ3) is 4.04. The van der Waals surface area contributed by atoms with Crippen LogP contribution in [-0.4, -0.2) is 46.5 Å². The average Bonchev–Trinajstić information content (AvgIpc) is 2.80. The number of benzene rings is 1. The molecule has 7 nitrogen and oxygen atoms in total. The first-order valence-corrected chi connectivity index (χ1v) is 7.83. The Bertz CT molecular complexity index is 770. The Kier molecular flexibility index (Phi) is 5.78. The maximum atomic E-state index is 12.2. The summed E-state index contributed by atoms with van der Waals surface area (Å²) in [4.78, 5) is 24.4. The molecule has 9 heteroatoms. The maximum Gasteiger partial charge on any atom is 0.323 e. The van der Waals surface area contributed by atoms with E-state index in [2.05, 4.69) is 0 Å². The minimum atomic E-state index is -1.13. The molecular weight excluding hydrogens is 352 g/mol. The Hall–Kier alpha value is -2.57. The largest absolute Gasteiger partial charge is 0.493 e. The van der Waals surface area contributed by atoms with Crippen molar-refractivity contribution in [3.63, 3.8) is 0 Å². The van der Waals surface area contributed by atoms with Crippen LogP contribution in [0.3, 0.4) is 0 Å². The molecule has 0 unspecified atom stereocenters. The number of nitrogens with zero attached hydrogens (tertiary/aromatic N) is 2. The molecule has 1 aliphatic rings. The molecule has 1 heterocycles. The molecule has 1 N–H and O–H groups in total. The zero-order chi connectivity index (χ0) is 17.7. The normalized spacial score (nSPS) is 15.5. The molecule has 24 heavy (non-hydrogen) atoms. The van der Waals surface area contributed by atoms with E-state index in [9.17, 15) is 9.59 Å². The Labute approximate surface area is 147 Å². The summed E-state index contributed by atoms with van der Waals surface area (Å²) in [6.07, 6.45) is 1.59. The van der Waals surface area contributed by atoms with Crippen LogP contribution < -0.4 is 9.47 Å². The molecule has 124 valence electrons. The second kappa shape index (κ2) is 7.81. The van der Waals surface area contributed by atoms with E-state index in [1.165, 1.54) is 7.11 Å². The van der Waals surface area contributed by atoms with Gasteiger partial charge in [-0.15, -0.1) is 0 Å². The number of carboxylic acids is 1. The molecule has 1 fully saturated rings. The summed E-state index contributed by atoms with van der Waals surface area (Å²) in [5.41, 5.74) is 0.659. The Morgan fingerprint density at radius 3 is 2.88 bits per heavy atom. The summed E-state index contributed by atoms with van der Waals surface area (Å²) < 4.78 is 10.6. The van der Waals surface area contributed by atoms with Crippen LogP contribution in [0.15, 0.2) is 23.1 Å². The zero-order valence-corrected chi connectivity index (χ0v) is 14.1. The van der Waals surface area contributed by atoms with Crippen LogP contribution in [-0.2, 0) is 9.59 Å². The van der Waals surface area contributed by atoms with E-state index in [0.717, 1.165) is 16.7 Å². The molecule has 1 amide bonds. The smallest absolute Gasteiger partial charge is 0.323 e. The van der Waals surface area contributed by atoms with Crippen molar-refractivity contribution in [2.75, 3.05) is 20.3 Å². The zero-order valence-electron chi connectivity index (χ0n) is 12.5. The topological polar surface area (TPSA) is 99.9 Å². The second-order valence-electron chi connectivity index (χ2n) is 4.52. The highest BCUT2D eigenvalue weighted by Gasteiger charge is 2.33. The number of rotatable bonds is 6. The third-order valence-corrected chi connectivity index (χ3v) is 4.32. The van der Waals surface area contributed by atoms with Gasteiger partial charge in [0.25, 0.3) is 5.91 Å². The molecule has 0 saturated carbocycles. The number of hydrogen-bond donors (Lipinski definition) is 1. The summed E-state index contributed by atoms with van der Waals surface area (Å²) >= 11 is 6.08. The first-order valence-electron chi connectivity index (χ1n) is 6.61. The van der Waals surface area contributed by atoms with Crippen LogP contribution in [0.25, 0.3) is 6.08 Å². The summed E-state index contributed by atoms with van der Waals surface area (Å²) in [5, 5.41) is 17.4. The number of thioether (sulfide) groups is 1. The Morgan fingerprint density at radius 2 is 2.25 bits per heavy atom. The van der Waals surface area contributed by atoms with Crippen LogP contribution in [0.1, 0.15) is 5.56 Å². The lowest BCUT2D eigenvalue weighted by atomic mass is 10.2. The van der Waals surface area contributed by atoms with Gasteiger partial charge in [0.1, 0.15) is 16.9 Å². The Morgan fingerprint density at radius 1 is 1.50 bits per heavy atom. The fraction of sp³-hybridized carbons (Fsp3) is 0.200. The van der Waals surface area contributed by atoms with Gasteiger partial charge in [0.2, 0.25) is 0 Å². The van der Waals surface area contributed by atoms with Gasteiger partial charge >= 0.3 is 5.97 Å². The molecule has 0 aliphatic carbocycles. The number of carboxylic acid groups (broad SMARTS) is 1. The van der Waals surface area contributed by atoms with Gasteiger partial charge in [-0.3, -0.25) is 14.5 Å². The standard InChI is InChI=1S/C15H12N2O5S2/c1-21-11-6-9(2-3-10(11)22-5-4-16)7-12-14(20)17(8-13(18)19)15(23)24-12/h2-3,6-7H,5,8H2,1H3,(H,18,19)/b12-7-. The van der Waals surface area contributed by atoms with Gasteiger partial charge in [-0.05, 0) is 23.8 Å². The summed E-state index contributed by atoms with van der Waals surface area (Å²) in [6, 6.07) is 6.83. The molecule has 0 spiro atoms. The van der Waals surface area contributed by atoms with Crippen molar-refractivity contribution in [1.82, 2.24) is 4.90 Å². The minimum absolute atomic E-state index is 0.108. The Balaban J connectivity index is 2.25. The van der Waals surface area contributed by atoms with Crippen molar-refractivity contribution in [3.05, 3.63) is 28.7 Å². The highest BCUT2D eigenvalue weighted by molar-refractivity contribution is 8.26. The third-order valence-electron chi connectivity index (χ3n) is 2.94. The molecule has 0 radical (unpaired) electrons. The van der Waals surface area contributed by atoms with Crippen molar-refractivity contribution >= 4 is 46.3 Å². The molecule has 0 bridgehead atoms. The number of hydrogen-bond acceptors (Lipinski definition) is 7. The van der Waals surface area contributed by atoms with E-state index in [4.69, 9.17) is 32.1 Å². The fourth-order valence-corrected chi connectivity index (χ4v) is 3.18. The molecule has 0 atom stereocenters. The number of thiocarbonyl (C=S) groups is 1. The summed E-state index contributed by atoms with van der Waals surface area (Å²) in [6.45, 7) is -0.574. The van der Waals surface area contributed by atoms with E-state index in [1.54, 1.807) is 24.3 Å². The predicted molar refractivity (Wildman–Crippen MR) is 91.6 cm³/mol.